The first-order chi connectivity index (χ1) is 10.0. The topological polar surface area (TPSA) is 120 Å². The minimum absolute atomic E-state index is 0.134. The van der Waals surface area contributed by atoms with Gasteiger partial charge in [-0.25, -0.2) is 0 Å². The first-order valence-electron chi connectivity index (χ1n) is 6.23. The molecule has 7 nitrogen and oxygen atoms in total. The smallest absolute Gasteiger partial charge is 0.232 e. The third kappa shape index (κ3) is 4.92. The Morgan fingerprint density at radius 3 is 2.62 bits per heavy atom. The van der Waals surface area contributed by atoms with Crippen molar-refractivity contribution in [2.24, 2.45) is 5.73 Å². The molecule has 0 unspecified atom stereocenters. The molecule has 1 amide bonds. The van der Waals surface area contributed by atoms with Crippen LogP contribution >= 0.6 is 11.8 Å². The van der Waals surface area contributed by atoms with Crippen molar-refractivity contribution >= 4 is 35.3 Å². The Balaban J connectivity index is 2.07. The summed E-state index contributed by atoms with van der Waals surface area (Å²) in [4.78, 5) is 23.0. The molecule has 0 atom stereocenters. The summed E-state index contributed by atoms with van der Waals surface area (Å²) in [6.07, 6.45) is 0. The molecule has 2 rings (SSSR count). The van der Waals surface area contributed by atoms with Gasteiger partial charge in [0.1, 0.15) is 5.82 Å². The van der Waals surface area contributed by atoms with Crippen LogP contribution in [0.3, 0.4) is 0 Å². The van der Waals surface area contributed by atoms with Crippen LogP contribution in [0.25, 0.3) is 0 Å². The van der Waals surface area contributed by atoms with Gasteiger partial charge in [0, 0.05) is 5.69 Å². The zero-order chi connectivity index (χ0) is 15.2. The van der Waals surface area contributed by atoms with Crippen molar-refractivity contribution in [2.45, 2.75) is 12.7 Å². The van der Waals surface area contributed by atoms with Crippen molar-refractivity contribution in [1.29, 1.82) is 0 Å². The van der Waals surface area contributed by atoms with Gasteiger partial charge in [-0.05, 0) is 19.1 Å². The van der Waals surface area contributed by atoms with Crippen molar-refractivity contribution in [1.82, 2.24) is 15.0 Å². The number of amides is 1. The third-order valence-corrected chi connectivity index (χ3v) is 3.43. The van der Waals surface area contributed by atoms with Crippen LogP contribution in [0.1, 0.15) is 11.4 Å². The summed E-state index contributed by atoms with van der Waals surface area (Å²) in [7, 11) is 0. The lowest BCUT2D eigenvalue weighted by atomic mass is 10.2. The lowest BCUT2D eigenvalue weighted by Crippen LogP contribution is -2.13. The number of rotatable bonds is 6. The van der Waals surface area contributed by atoms with Gasteiger partial charge in [-0.3, -0.25) is 4.79 Å². The molecule has 0 spiro atoms. The van der Waals surface area contributed by atoms with Gasteiger partial charge in [-0.1, -0.05) is 17.7 Å². The Morgan fingerprint density at radius 1 is 1.24 bits per heavy atom. The van der Waals surface area contributed by atoms with Gasteiger partial charge in [-0.2, -0.15) is 15.0 Å². The highest BCUT2D eigenvalue weighted by Gasteiger charge is 2.06. The fourth-order valence-electron chi connectivity index (χ4n) is 1.57. The van der Waals surface area contributed by atoms with Gasteiger partial charge in [0.05, 0.1) is 11.5 Å². The predicted molar refractivity (Wildman–Crippen MR) is 84.1 cm³/mol. The largest absolute Gasteiger partial charge is 0.369 e. The van der Waals surface area contributed by atoms with E-state index in [2.05, 4.69) is 20.3 Å². The molecule has 2 aromatic rings. The van der Waals surface area contributed by atoms with E-state index < -0.39 is 0 Å². The standard InChI is InChI=1S/C13H16N6OS/c1-8-2-4-9(5-3-8)16-13-18-11(17-12(15)19-13)7-21-6-10(14)20/h2-5H,6-7H2,1H3,(H2,14,20)(H3,15,16,17,18,19). The SMILES string of the molecule is Cc1ccc(Nc2nc(N)nc(CSCC(N)=O)n2)cc1. The number of carbonyl (C=O) groups is 1. The van der Waals surface area contributed by atoms with Crippen molar-refractivity contribution in [3.63, 3.8) is 0 Å². The molecule has 0 aliphatic carbocycles. The monoisotopic (exact) mass is 304 g/mol. The van der Waals surface area contributed by atoms with E-state index >= 15 is 0 Å². The van der Waals surface area contributed by atoms with Crippen LogP contribution in [-0.4, -0.2) is 26.6 Å². The van der Waals surface area contributed by atoms with Crippen molar-refractivity contribution in [3.05, 3.63) is 35.7 Å². The summed E-state index contributed by atoms with van der Waals surface area (Å²) >= 11 is 1.33. The lowest BCUT2D eigenvalue weighted by Gasteiger charge is -2.07. The van der Waals surface area contributed by atoms with Crippen molar-refractivity contribution in [2.75, 3.05) is 16.8 Å². The number of thioether (sulfide) groups is 1. The van der Waals surface area contributed by atoms with Crippen LogP contribution in [0.4, 0.5) is 17.6 Å². The highest BCUT2D eigenvalue weighted by molar-refractivity contribution is 7.99. The van der Waals surface area contributed by atoms with Gasteiger partial charge in [0.2, 0.25) is 17.8 Å². The van der Waals surface area contributed by atoms with Crippen LogP contribution in [0, 0.1) is 6.92 Å². The van der Waals surface area contributed by atoms with E-state index in [9.17, 15) is 4.79 Å². The van der Waals surface area contributed by atoms with E-state index in [1.165, 1.54) is 17.3 Å². The highest BCUT2D eigenvalue weighted by Crippen LogP contribution is 2.16. The molecule has 110 valence electrons. The minimum Gasteiger partial charge on any atom is -0.369 e. The Bertz CT molecular complexity index is 631. The maximum Gasteiger partial charge on any atom is 0.232 e. The maximum atomic E-state index is 10.7. The number of anilines is 3. The fourth-order valence-corrected chi connectivity index (χ4v) is 2.18. The number of carbonyl (C=O) groups excluding carboxylic acids is 1. The molecular formula is C13H16N6OS. The number of benzene rings is 1. The van der Waals surface area contributed by atoms with Crippen LogP contribution < -0.4 is 16.8 Å². The quantitative estimate of drug-likeness (QED) is 0.734. The number of aryl methyl sites for hydroxylation is 1. The van der Waals surface area contributed by atoms with Crippen molar-refractivity contribution < 1.29 is 4.79 Å². The second-order valence-electron chi connectivity index (χ2n) is 4.38. The molecule has 1 heterocycles. The first-order valence-corrected chi connectivity index (χ1v) is 7.38. The number of nitrogen functional groups attached to an aromatic ring is 1. The Labute approximate surface area is 126 Å². The van der Waals surface area contributed by atoms with Crippen LogP contribution in [0.15, 0.2) is 24.3 Å². The molecule has 1 aromatic heterocycles. The number of hydrogen-bond donors (Lipinski definition) is 3. The van der Waals surface area contributed by atoms with Crippen molar-refractivity contribution in [3.8, 4) is 0 Å². The molecular weight excluding hydrogens is 288 g/mol. The molecule has 0 saturated heterocycles. The van der Waals surface area contributed by atoms with Crippen LogP contribution in [0.5, 0.6) is 0 Å². The van der Waals surface area contributed by atoms with Gasteiger partial charge in [0.15, 0.2) is 0 Å². The second kappa shape index (κ2) is 6.89. The summed E-state index contributed by atoms with van der Waals surface area (Å²) in [5.74, 6) is 1.29. The van der Waals surface area contributed by atoms with Crippen LogP contribution in [0.2, 0.25) is 0 Å². The zero-order valence-corrected chi connectivity index (χ0v) is 12.4. The van der Waals surface area contributed by atoms with E-state index in [1.54, 1.807) is 0 Å². The van der Waals surface area contributed by atoms with E-state index in [1.807, 2.05) is 31.2 Å². The summed E-state index contributed by atoms with van der Waals surface area (Å²) in [6, 6.07) is 7.82. The molecule has 1 aromatic carbocycles. The Kier molecular flexibility index (Phi) is 4.94. The summed E-state index contributed by atoms with van der Waals surface area (Å²) in [5.41, 5.74) is 12.8. The second-order valence-corrected chi connectivity index (χ2v) is 5.37. The zero-order valence-electron chi connectivity index (χ0n) is 11.5. The molecule has 0 bridgehead atoms. The average molecular weight is 304 g/mol. The van der Waals surface area contributed by atoms with E-state index in [-0.39, 0.29) is 17.6 Å². The lowest BCUT2D eigenvalue weighted by molar-refractivity contribution is -0.115. The van der Waals surface area contributed by atoms with Gasteiger partial charge >= 0.3 is 0 Å². The molecule has 0 aliphatic heterocycles. The summed E-state index contributed by atoms with van der Waals surface area (Å²) in [6.45, 7) is 2.01. The first kappa shape index (κ1) is 15.0. The number of nitrogens with one attached hydrogen (secondary N) is 1. The minimum atomic E-state index is -0.375. The van der Waals surface area contributed by atoms with Crippen LogP contribution in [-0.2, 0) is 10.5 Å². The predicted octanol–water partition coefficient (Wildman–Crippen LogP) is 1.22. The summed E-state index contributed by atoms with van der Waals surface area (Å²) < 4.78 is 0. The van der Waals surface area contributed by atoms with Gasteiger partial charge < -0.3 is 16.8 Å². The molecule has 0 fully saturated rings. The highest BCUT2D eigenvalue weighted by atomic mass is 32.2. The van der Waals surface area contributed by atoms with Gasteiger partial charge in [-0.15, -0.1) is 11.8 Å². The normalized spacial score (nSPS) is 10.3. The number of primary amides is 1. The number of nitrogens with zero attached hydrogens (tertiary/aromatic N) is 3. The molecule has 21 heavy (non-hydrogen) atoms. The fraction of sp³-hybridized carbons (Fsp3) is 0.231. The maximum absolute atomic E-state index is 10.7. The van der Waals surface area contributed by atoms with E-state index in [0.717, 1.165) is 5.69 Å². The van der Waals surface area contributed by atoms with E-state index in [4.69, 9.17) is 11.5 Å². The molecule has 0 aliphatic rings. The number of aromatic nitrogens is 3. The Morgan fingerprint density at radius 2 is 1.95 bits per heavy atom. The number of nitrogens with two attached hydrogens (primary N) is 2. The third-order valence-electron chi connectivity index (χ3n) is 2.48. The Hall–Kier alpha value is -2.35. The summed E-state index contributed by atoms with van der Waals surface area (Å²) in [5, 5.41) is 3.07. The average Bonchev–Trinajstić information content (AvgIpc) is 2.40. The van der Waals surface area contributed by atoms with Gasteiger partial charge in [0.25, 0.3) is 0 Å². The molecule has 5 N–H and O–H groups in total. The number of hydrogen-bond acceptors (Lipinski definition) is 7. The van der Waals surface area contributed by atoms with E-state index in [0.29, 0.717) is 17.5 Å². The molecule has 0 radical (unpaired) electrons. The molecule has 0 saturated carbocycles. The molecule has 8 heteroatoms.